The first-order valence-corrected chi connectivity index (χ1v) is 6.93. The minimum absolute atomic E-state index is 0.000708. The molecule has 1 N–H and O–H groups in total. The summed E-state index contributed by atoms with van der Waals surface area (Å²) in [5.41, 5.74) is 1.78. The number of methoxy groups -OCH3 is 2. The molecule has 1 rings (SSSR count). The first kappa shape index (κ1) is 17.5. The van der Waals surface area contributed by atoms with Crippen LogP contribution >= 0.6 is 0 Å². The largest absolute Gasteiger partial charge is 0.495 e. The van der Waals surface area contributed by atoms with E-state index in [0.717, 1.165) is 5.56 Å². The van der Waals surface area contributed by atoms with Crippen LogP contribution in [0.4, 0.5) is 5.69 Å². The quantitative estimate of drug-likeness (QED) is 0.786. The van der Waals surface area contributed by atoms with Crippen molar-refractivity contribution in [2.75, 3.05) is 39.4 Å². The second kappa shape index (κ2) is 8.00. The van der Waals surface area contributed by atoms with Gasteiger partial charge in [0.25, 0.3) is 0 Å². The third-order valence-corrected chi connectivity index (χ3v) is 3.00. The summed E-state index contributed by atoms with van der Waals surface area (Å²) < 4.78 is 15.3. The molecule has 0 fully saturated rings. The van der Waals surface area contributed by atoms with Crippen molar-refractivity contribution in [1.29, 1.82) is 0 Å². The summed E-state index contributed by atoms with van der Waals surface area (Å²) >= 11 is 0. The summed E-state index contributed by atoms with van der Waals surface area (Å²) in [5.74, 6) is 0.420. The molecule has 1 amide bonds. The van der Waals surface area contributed by atoms with Gasteiger partial charge in [0, 0.05) is 7.11 Å². The van der Waals surface area contributed by atoms with Gasteiger partial charge < -0.3 is 19.5 Å². The molecule has 0 unspecified atom stereocenters. The number of ether oxygens (including phenoxy) is 3. The van der Waals surface area contributed by atoms with Gasteiger partial charge in [0.2, 0.25) is 5.91 Å². The lowest BCUT2D eigenvalue weighted by atomic mass is 9.87. The van der Waals surface area contributed by atoms with Crippen molar-refractivity contribution in [3.8, 4) is 5.75 Å². The summed E-state index contributed by atoms with van der Waals surface area (Å²) in [7, 11) is 3.17. The molecule has 1 aromatic rings. The fourth-order valence-corrected chi connectivity index (χ4v) is 1.77. The van der Waals surface area contributed by atoms with Gasteiger partial charge in [-0.1, -0.05) is 26.8 Å². The average Bonchev–Trinajstić information content (AvgIpc) is 2.42. The van der Waals surface area contributed by atoms with Gasteiger partial charge in [0.1, 0.15) is 12.4 Å². The molecule has 21 heavy (non-hydrogen) atoms. The van der Waals surface area contributed by atoms with E-state index < -0.39 is 0 Å². The number of benzene rings is 1. The van der Waals surface area contributed by atoms with Crippen molar-refractivity contribution in [2.24, 2.45) is 0 Å². The molecular formula is C16H25NO4. The van der Waals surface area contributed by atoms with E-state index in [1.807, 2.05) is 18.2 Å². The number of rotatable bonds is 7. The van der Waals surface area contributed by atoms with E-state index in [-0.39, 0.29) is 17.9 Å². The van der Waals surface area contributed by atoms with Crippen molar-refractivity contribution >= 4 is 11.6 Å². The fourth-order valence-electron chi connectivity index (χ4n) is 1.77. The Balaban J connectivity index is 2.74. The van der Waals surface area contributed by atoms with Crippen molar-refractivity contribution in [3.05, 3.63) is 23.8 Å². The SMILES string of the molecule is COCCOCC(=O)Nc1cc(C(C)(C)C)ccc1OC. The van der Waals surface area contributed by atoms with Gasteiger partial charge in [-0.15, -0.1) is 0 Å². The van der Waals surface area contributed by atoms with E-state index in [4.69, 9.17) is 14.2 Å². The van der Waals surface area contributed by atoms with Crippen LogP contribution in [0.5, 0.6) is 5.75 Å². The van der Waals surface area contributed by atoms with E-state index >= 15 is 0 Å². The molecule has 0 heterocycles. The Labute approximate surface area is 126 Å². The molecule has 0 aliphatic carbocycles. The van der Waals surface area contributed by atoms with Crippen LogP contribution in [0.15, 0.2) is 18.2 Å². The minimum atomic E-state index is -0.213. The van der Waals surface area contributed by atoms with Crippen LogP contribution in [-0.2, 0) is 19.7 Å². The van der Waals surface area contributed by atoms with Gasteiger partial charge in [0.05, 0.1) is 26.0 Å². The van der Waals surface area contributed by atoms with Crippen LogP contribution in [0.3, 0.4) is 0 Å². The Morgan fingerprint density at radius 1 is 1.19 bits per heavy atom. The number of anilines is 1. The molecule has 5 heteroatoms. The predicted octanol–water partition coefficient (Wildman–Crippen LogP) is 2.59. The van der Waals surface area contributed by atoms with E-state index in [2.05, 4.69) is 26.1 Å². The molecule has 0 saturated heterocycles. The molecule has 118 valence electrons. The Kier molecular flexibility index (Phi) is 6.65. The first-order chi connectivity index (χ1) is 9.88. The summed E-state index contributed by atoms with van der Waals surface area (Å²) in [6.07, 6.45) is 0. The zero-order chi connectivity index (χ0) is 15.9. The van der Waals surface area contributed by atoms with Gasteiger partial charge in [-0.2, -0.15) is 0 Å². The van der Waals surface area contributed by atoms with E-state index in [0.29, 0.717) is 24.7 Å². The molecule has 0 saturated carbocycles. The topological polar surface area (TPSA) is 56.8 Å². The summed E-state index contributed by atoms with van der Waals surface area (Å²) in [4.78, 5) is 11.9. The molecule has 0 atom stereocenters. The van der Waals surface area contributed by atoms with E-state index in [1.54, 1.807) is 14.2 Å². The Morgan fingerprint density at radius 3 is 2.48 bits per heavy atom. The zero-order valence-electron chi connectivity index (χ0n) is 13.5. The van der Waals surface area contributed by atoms with Gasteiger partial charge >= 0.3 is 0 Å². The number of carbonyl (C=O) groups is 1. The maximum atomic E-state index is 11.9. The summed E-state index contributed by atoms with van der Waals surface area (Å²) in [6.45, 7) is 7.21. The van der Waals surface area contributed by atoms with E-state index in [1.165, 1.54) is 0 Å². The van der Waals surface area contributed by atoms with Crippen molar-refractivity contribution in [3.63, 3.8) is 0 Å². The fraction of sp³-hybridized carbons (Fsp3) is 0.562. The standard InChI is InChI=1S/C16H25NO4/c1-16(2,3)12-6-7-14(20-5)13(10-12)17-15(18)11-21-9-8-19-4/h6-7,10H,8-9,11H2,1-5H3,(H,17,18). The van der Waals surface area contributed by atoms with Crippen molar-refractivity contribution in [1.82, 2.24) is 0 Å². The van der Waals surface area contributed by atoms with Crippen LogP contribution in [0.2, 0.25) is 0 Å². The van der Waals surface area contributed by atoms with Gasteiger partial charge in [0.15, 0.2) is 0 Å². The number of hydrogen-bond acceptors (Lipinski definition) is 4. The monoisotopic (exact) mass is 295 g/mol. The van der Waals surface area contributed by atoms with E-state index in [9.17, 15) is 4.79 Å². The van der Waals surface area contributed by atoms with Gasteiger partial charge in [-0.25, -0.2) is 0 Å². The van der Waals surface area contributed by atoms with Gasteiger partial charge in [-0.3, -0.25) is 4.79 Å². The average molecular weight is 295 g/mol. The Bertz CT molecular complexity index is 466. The minimum Gasteiger partial charge on any atom is -0.495 e. The number of amides is 1. The molecule has 0 aromatic heterocycles. The second-order valence-corrected chi connectivity index (χ2v) is 5.76. The highest BCUT2D eigenvalue weighted by Gasteiger charge is 2.16. The lowest BCUT2D eigenvalue weighted by molar-refractivity contribution is -0.121. The number of nitrogens with one attached hydrogen (secondary N) is 1. The molecule has 5 nitrogen and oxygen atoms in total. The normalized spacial score (nSPS) is 11.3. The highest BCUT2D eigenvalue weighted by atomic mass is 16.5. The molecular weight excluding hydrogens is 270 g/mol. The predicted molar refractivity (Wildman–Crippen MR) is 83.0 cm³/mol. The second-order valence-electron chi connectivity index (χ2n) is 5.76. The molecule has 0 aliphatic heterocycles. The maximum Gasteiger partial charge on any atom is 0.250 e. The smallest absolute Gasteiger partial charge is 0.250 e. The van der Waals surface area contributed by atoms with Crippen molar-refractivity contribution < 1.29 is 19.0 Å². The number of hydrogen-bond donors (Lipinski definition) is 1. The Hall–Kier alpha value is -1.59. The van der Waals surface area contributed by atoms with Crippen LogP contribution in [0, 0.1) is 0 Å². The third kappa shape index (κ3) is 5.73. The lowest BCUT2D eigenvalue weighted by Crippen LogP contribution is -2.20. The van der Waals surface area contributed by atoms with Crippen LogP contribution in [0.25, 0.3) is 0 Å². The van der Waals surface area contributed by atoms with Crippen LogP contribution < -0.4 is 10.1 Å². The first-order valence-electron chi connectivity index (χ1n) is 6.93. The summed E-state index contributed by atoms with van der Waals surface area (Å²) in [5, 5.41) is 2.82. The highest BCUT2D eigenvalue weighted by Crippen LogP contribution is 2.31. The highest BCUT2D eigenvalue weighted by molar-refractivity contribution is 5.93. The maximum absolute atomic E-state index is 11.9. The van der Waals surface area contributed by atoms with Crippen molar-refractivity contribution in [2.45, 2.75) is 26.2 Å². The molecule has 1 aromatic carbocycles. The molecule has 0 spiro atoms. The number of carbonyl (C=O) groups excluding carboxylic acids is 1. The molecule has 0 aliphatic rings. The summed E-state index contributed by atoms with van der Waals surface area (Å²) in [6, 6.07) is 5.80. The third-order valence-electron chi connectivity index (χ3n) is 3.00. The Morgan fingerprint density at radius 2 is 1.90 bits per heavy atom. The zero-order valence-corrected chi connectivity index (χ0v) is 13.5. The lowest BCUT2D eigenvalue weighted by Gasteiger charge is -2.21. The van der Waals surface area contributed by atoms with Crippen LogP contribution in [-0.4, -0.2) is 39.9 Å². The van der Waals surface area contributed by atoms with Crippen LogP contribution in [0.1, 0.15) is 26.3 Å². The molecule has 0 radical (unpaired) electrons. The van der Waals surface area contributed by atoms with Gasteiger partial charge in [-0.05, 0) is 23.1 Å². The molecule has 0 bridgehead atoms.